The molecule has 0 aliphatic rings. The maximum Gasteiger partial charge on any atom is 0.181 e. The van der Waals surface area contributed by atoms with Gasteiger partial charge in [0.15, 0.2) is 12.2 Å². The molecule has 0 unspecified atom stereocenters. The van der Waals surface area contributed by atoms with E-state index in [9.17, 15) is 0 Å². The van der Waals surface area contributed by atoms with E-state index in [4.69, 9.17) is 4.42 Å². The molecule has 4 heteroatoms. The average molecular weight is 259 g/mol. The van der Waals surface area contributed by atoms with E-state index in [2.05, 4.69) is 48.5 Å². The van der Waals surface area contributed by atoms with E-state index < -0.39 is 0 Å². The zero-order chi connectivity index (χ0) is 13.7. The molecule has 4 nitrogen and oxygen atoms in total. The van der Waals surface area contributed by atoms with Crippen LogP contribution in [0.1, 0.15) is 20.8 Å². The summed E-state index contributed by atoms with van der Waals surface area (Å²) in [5.74, 6) is 0.793. The predicted molar refractivity (Wildman–Crippen MR) is 78.2 cm³/mol. The fourth-order valence-electron chi connectivity index (χ4n) is 1.76. The molecule has 19 heavy (non-hydrogen) atoms. The second-order valence-electron chi connectivity index (χ2n) is 5.55. The summed E-state index contributed by atoms with van der Waals surface area (Å²) in [5, 5.41) is 6.82. The summed E-state index contributed by atoms with van der Waals surface area (Å²) in [5.41, 5.74) is 2.31. The number of hydrogen-bond donors (Lipinski definition) is 2. The molecule has 0 amide bonds. The molecule has 2 aromatic rings. The summed E-state index contributed by atoms with van der Waals surface area (Å²) in [6, 6.07) is 8.16. The molecular formula is C15H21N3O. The van der Waals surface area contributed by atoms with Crippen molar-refractivity contribution in [3.8, 4) is 11.3 Å². The van der Waals surface area contributed by atoms with Gasteiger partial charge in [0.1, 0.15) is 0 Å². The van der Waals surface area contributed by atoms with Gasteiger partial charge in [-0.05, 0) is 45.0 Å². The van der Waals surface area contributed by atoms with Crippen LogP contribution in [0.3, 0.4) is 0 Å². The van der Waals surface area contributed by atoms with Crippen LogP contribution in [0.15, 0.2) is 41.3 Å². The molecule has 0 radical (unpaired) electrons. The Morgan fingerprint density at radius 1 is 1.11 bits per heavy atom. The van der Waals surface area contributed by atoms with E-state index in [0.717, 1.165) is 30.1 Å². The average Bonchev–Trinajstić information content (AvgIpc) is 2.88. The SMILES string of the molecule is CC(C)(C)NCCNc1ccc(-c2cnco2)cc1. The van der Waals surface area contributed by atoms with Gasteiger partial charge in [0.05, 0.1) is 6.20 Å². The molecule has 0 aliphatic heterocycles. The van der Waals surface area contributed by atoms with Crippen molar-refractivity contribution in [2.45, 2.75) is 26.3 Å². The number of rotatable bonds is 5. The fraction of sp³-hybridized carbons (Fsp3) is 0.400. The minimum absolute atomic E-state index is 0.165. The monoisotopic (exact) mass is 259 g/mol. The summed E-state index contributed by atoms with van der Waals surface area (Å²) in [4.78, 5) is 3.91. The van der Waals surface area contributed by atoms with Gasteiger partial charge < -0.3 is 15.1 Å². The van der Waals surface area contributed by atoms with Crippen molar-refractivity contribution in [1.82, 2.24) is 10.3 Å². The standard InChI is InChI=1S/C15H21N3O/c1-15(2,3)18-9-8-17-13-6-4-12(5-7-13)14-10-16-11-19-14/h4-7,10-11,17-18H,8-9H2,1-3H3. The highest BCUT2D eigenvalue weighted by atomic mass is 16.3. The van der Waals surface area contributed by atoms with Crippen LogP contribution in [0.4, 0.5) is 5.69 Å². The summed E-state index contributed by atoms with van der Waals surface area (Å²) < 4.78 is 5.25. The topological polar surface area (TPSA) is 50.1 Å². The molecule has 1 aromatic carbocycles. The first-order valence-electron chi connectivity index (χ1n) is 6.52. The van der Waals surface area contributed by atoms with Gasteiger partial charge >= 0.3 is 0 Å². The van der Waals surface area contributed by atoms with Crippen LogP contribution < -0.4 is 10.6 Å². The van der Waals surface area contributed by atoms with Gasteiger partial charge in [-0.2, -0.15) is 0 Å². The highest BCUT2D eigenvalue weighted by Gasteiger charge is 2.07. The maximum absolute atomic E-state index is 5.25. The molecule has 0 fully saturated rings. The van der Waals surface area contributed by atoms with Crippen LogP contribution >= 0.6 is 0 Å². The van der Waals surface area contributed by atoms with Crippen LogP contribution in [0, 0.1) is 0 Å². The minimum atomic E-state index is 0.165. The molecule has 0 aliphatic carbocycles. The first-order chi connectivity index (χ1) is 9.04. The molecule has 2 N–H and O–H groups in total. The highest BCUT2D eigenvalue weighted by Crippen LogP contribution is 2.20. The lowest BCUT2D eigenvalue weighted by Gasteiger charge is -2.20. The van der Waals surface area contributed by atoms with Crippen molar-refractivity contribution in [1.29, 1.82) is 0 Å². The molecule has 102 valence electrons. The Bertz CT molecular complexity index is 483. The molecule has 1 heterocycles. The quantitative estimate of drug-likeness (QED) is 0.810. The largest absolute Gasteiger partial charge is 0.444 e. The van der Waals surface area contributed by atoms with Crippen molar-refractivity contribution in [3.05, 3.63) is 36.9 Å². The third-order valence-electron chi connectivity index (χ3n) is 2.71. The zero-order valence-electron chi connectivity index (χ0n) is 11.7. The van der Waals surface area contributed by atoms with Gasteiger partial charge in [-0.15, -0.1) is 0 Å². The second-order valence-corrected chi connectivity index (χ2v) is 5.55. The Hall–Kier alpha value is -1.81. The van der Waals surface area contributed by atoms with Crippen molar-refractivity contribution in [2.75, 3.05) is 18.4 Å². The Kier molecular flexibility index (Phi) is 4.22. The third-order valence-corrected chi connectivity index (χ3v) is 2.71. The molecule has 0 spiro atoms. The van der Waals surface area contributed by atoms with Crippen molar-refractivity contribution in [3.63, 3.8) is 0 Å². The van der Waals surface area contributed by atoms with E-state index in [-0.39, 0.29) is 5.54 Å². The maximum atomic E-state index is 5.25. The lowest BCUT2D eigenvalue weighted by Crippen LogP contribution is -2.38. The molecule has 2 rings (SSSR count). The summed E-state index contributed by atoms with van der Waals surface area (Å²) >= 11 is 0. The van der Waals surface area contributed by atoms with Crippen LogP contribution in [0.2, 0.25) is 0 Å². The van der Waals surface area contributed by atoms with Crippen molar-refractivity contribution in [2.24, 2.45) is 0 Å². The Morgan fingerprint density at radius 3 is 2.42 bits per heavy atom. The highest BCUT2D eigenvalue weighted by molar-refractivity contribution is 5.60. The number of aromatic nitrogens is 1. The third kappa shape index (κ3) is 4.41. The van der Waals surface area contributed by atoms with Crippen LogP contribution in [-0.4, -0.2) is 23.6 Å². The number of anilines is 1. The first-order valence-corrected chi connectivity index (χ1v) is 6.52. The van der Waals surface area contributed by atoms with E-state index in [1.54, 1.807) is 6.20 Å². The second kappa shape index (κ2) is 5.89. The van der Waals surface area contributed by atoms with Gasteiger partial charge in [0, 0.05) is 29.9 Å². The lowest BCUT2D eigenvalue weighted by molar-refractivity contribution is 0.435. The van der Waals surface area contributed by atoms with Crippen molar-refractivity contribution >= 4 is 5.69 Å². The summed E-state index contributed by atoms with van der Waals surface area (Å²) in [6.45, 7) is 8.34. The van der Waals surface area contributed by atoms with E-state index in [1.807, 2.05) is 12.1 Å². The van der Waals surface area contributed by atoms with E-state index in [0.29, 0.717) is 0 Å². The van der Waals surface area contributed by atoms with Gasteiger partial charge in [-0.25, -0.2) is 4.98 Å². The normalized spacial score (nSPS) is 11.5. The molecule has 0 saturated carbocycles. The van der Waals surface area contributed by atoms with Crippen molar-refractivity contribution < 1.29 is 4.42 Å². The number of nitrogens with zero attached hydrogens (tertiary/aromatic N) is 1. The fourth-order valence-corrected chi connectivity index (χ4v) is 1.76. The Labute approximate surface area is 114 Å². The van der Waals surface area contributed by atoms with Crippen LogP contribution in [0.25, 0.3) is 11.3 Å². The number of oxazole rings is 1. The van der Waals surface area contributed by atoms with E-state index >= 15 is 0 Å². The lowest BCUT2D eigenvalue weighted by atomic mass is 10.1. The number of hydrogen-bond acceptors (Lipinski definition) is 4. The molecular weight excluding hydrogens is 238 g/mol. The number of benzene rings is 1. The molecule has 0 saturated heterocycles. The smallest absolute Gasteiger partial charge is 0.181 e. The summed E-state index contributed by atoms with van der Waals surface area (Å²) in [7, 11) is 0. The van der Waals surface area contributed by atoms with E-state index in [1.165, 1.54) is 6.39 Å². The van der Waals surface area contributed by atoms with Gasteiger partial charge in [0.2, 0.25) is 0 Å². The van der Waals surface area contributed by atoms with Gasteiger partial charge in [0.25, 0.3) is 0 Å². The molecule has 1 aromatic heterocycles. The van der Waals surface area contributed by atoms with Gasteiger partial charge in [-0.3, -0.25) is 0 Å². The Morgan fingerprint density at radius 2 is 1.84 bits per heavy atom. The molecule has 0 atom stereocenters. The zero-order valence-corrected chi connectivity index (χ0v) is 11.7. The molecule has 0 bridgehead atoms. The van der Waals surface area contributed by atoms with Crippen LogP contribution in [0.5, 0.6) is 0 Å². The number of nitrogens with one attached hydrogen (secondary N) is 2. The van der Waals surface area contributed by atoms with Crippen LogP contribution in [-0.2, 0) is 0 Å². The van der Waals surface area contributed by atoms with Gasteiger partial charge in [-0.1, -0.05) is 0 Å². The predicted octanol–water partition coefficient (Wildman–Crippen LogP) is 3.14. The minimum Gasteiger partial charge on any atom is -0.444 e. The Balaban J connectivity index is 1.83. The first kappa shape index (κ1) is 13.6. The summed E-state index contributed by atoms with van der Waals surface area (Å²) in [6.07, 6.45) is 3.16.